The van der Waals surface area contributed by atoms with E-state index in [1.54, 1.807) is 0 Å². The van der Waals surface area contributed by atoms with Gasteiger partial charge >= 0.3 is 0 Å². The minimum absolute atomic E-state index is 0.114. The lowest BCUT2D eigenvalue weighted by Crippen LogP contribution is -2.34. The summed E-state index contributed by atoms with van der Waals surface area (Å²) in [6.45, 7) is 5.23. The summed E-state index contributed by atoms with van der Waals surface area (Å²) >= 11 is 0. The van der Waals surface area contributed by atoms with Crippen LogP contribution in [0.5, 0.6) is 0 Å². The topological polar surface area (TPSA) is 38.0 Å². The molecule has 1 saturated carbocycles. The highest BCUT2D eigenvalue weighted by molar-refractivity contribution is 5.24. The van der Waals surface area contributed by atoms with Gasteiger partial charge in [0, 0.05) is 18.1 Å². The fraction of sp³-hybridized carbons (Fsp3) is 0.538. The summed E-state index contributed by atoms with van der Waals surface area (Å²) < 4.78 is 0. The van der Waals surface area contributed by atoms with E-state index in [0.29, 0.717) is 5.54 Å². The van der Waals surface area contributed by atoms with Gasteiger partial charge in [-0.3, -0.25) is 0 Å². The monoisotopic (exact) mass is 204 g/mol. The summed E-state index contributed by atoms with van der Waals surface area (Å²) in [4.78, 5) is 0. The highest BCUT2D eigenvalue weighted by Crippen LogP contribution is 2.34. The maximum absolute atomic E-state index is 6.12. The van der Waals surface area contributed by atoms with Crippen molar-refractivity contribution in [3.05, 3.63) is 35.4 Å². The first-order valence-electron chi connectivity index (χ1n) is 5.66. The molecule has 0 heterocycles. The van der Waals surface area contributed by atoms with Crippen molar-refractivity contribution in [2.24, 2.45) is 5.73 Å². The van der Waals surface area contributed by atoms with Crippen LogP contribution in [0.3, 0.4) is 0 Å². The Hall–Kier alpha value is -0.860. The Morgan fingerprint density at radius 2 is 1.93 bits per heavy atom. The van der Waals surface area contributed by atoms with E-state index >= 15 is 0 Å². The molecule has 1 aromatic rings. The Kier molecular flexibility index (Phi) is 2.81. The molecular weight excluding hydrogens is 184 g/mol. The number of rotatable bonds is 4. The smallest absolute Gasteiger partial charge is 0.0421 e. The summed E-state index contributed by atoms with van der Waals surface area (Å²) in [6, 6.07) is 8.60. The lowest BCUT2D eigenvalue weighted by atomic mass is 10.1. The number of hydrogen-bond acceptors (Lipinski definition) is 2. The first-order chi connectivity index (χ1) is 7.09. The average Bonchev–Trinajstić information content (AvgIpc) is 2.95. The van der Waals surface area contributed by atoms with Crippen molar-refractivity contribution >= 4 is 0 Å². The predicted octanol–water partition coefficient (Wildman–Crippen LogP) is 2.14. The maximum Gasteiger partial charge on any atom is 0.0421 e. The van der Waals surface area contributed by atoms with E-state index in [1.807, 2.05) is 0 Å². The number of nitrogens with two attached hydrogens (primary N) is 1. The third-order valence-corrected chi connectivity index (χ3v) is 3.25. The van der Waals surface area contributed by atoms with Crippen molar-refractivity contribution < 1.29 is 0 Å². The Bertz CT molecular complexity index is 325. The van der Waals surface area contributed by atoms with Gasteiger partial charge in [-0.25, -0.2) is 0 Å². The van der Waals surface area contributed by atoms with Crippen LogP contribution in [0.15, 0.2) is 24.3 Å². The van der Waals surface area contributed by atoms with Gasteiger partial charge in [0.25, 0.3) is 0 Å². The average molecular weight is 204 g/mol. The molecule has 0 aliphatic heterocycles. The van der Waals surface area contributed by atoms with Gasteiger partial charge in [-0.05, 0) is 32.3 Å². The number of hydrogen-bond donors (Lipinski definition) is 2. The lowest BCUT2D eigenvalue weighted by molar-refractivity contribution is 0.500. The first-order valence-corrected chi connectivity index (χ1v) is 5.66. The lowest BCUT2D eigenvalue weighted by Gasteiger charge is -2.17. The Morgan fingerprint density at radius 3 is 2.47 bits per heavy atom. The summed E-state index contributed by atoms with van der Waals surface area (Å²) in [7, 11) is 0. The molecule has 1 unspecified atom stereocenters. The van der Waals surface area contributed by atoms with Gasteiger partial charge in [0.15, 0.2) is 0 Å². The van der Waals surface area contributed by atoms with Crippen LogP contribution in [0.1, 0.15) is 36.9 Å². The van der Waals surface area contributed by atoms with Crippen LogP contribution in [0.4, 0.5) is 0 Å². The van der Waals surface area contributed by atoms with Crippen molar-refractivity contribution in [1.82, 2.24) is 5.32 Å². The van der Waals surface area contributed by atoms with E-state index in [1.165, 1.54) is 24.0 Å². The number of aryl methyl sites for hydroxylation is 1. The molecule has 0 aromatic heterocycles. The molecule has 2 heteroatoms. The van der Waals surface area contributed by atoms with Crippen LogP contribution in [-0.4, -0.2) is 12.1 Å². The van der Waals surface area contributed by atoms with Gasteiger partial charge in [-0.2, -0.15) is 0 Å². The second kappa shape index (κ2) is 3.95. The molecule has 1 aromatic carbocycles. The Morgan fingerprint density at radius 1 is 1.33 bits per heavy atom. The van der Waals surface area contributed by atoms with E-state index in [-0.39, 0.29) is 6.04 Å². The van der Waals surface area contributed by atoms with E-state index in [9.17, 15) is 0 Å². The fourth-order valence-corrected chi connectivity index (χ4v) is 1.65. The molecule has 0 bridgehead atoms. The SMILES string of the molecule is Cc1ccc(C(N)CNC2(C)CC2)cc1. The van der Waals surface area contributed by atoms with Crippen molar-refractivity contribution in [1.29, 1.82) is 0 Å². The molecule has 0 spiro atoms. The third-order valence-electron chi connectivity index (χ3n) is 3.25. The molecule has 1 aliphatic rings. The molecule has 0 radical (unpaired) electrons. The van der Waals surface area contributed by atoms with Gasteiger partial charge in [0.05, 0.1) is 0 Å². The summed E-state index contributed by atoms with van der Waals surface area (Å²) in [6.07, 6.45) is 2.57. The molecule has 2 nitrogen and oxygen atoms in total. The van der Waals surface area contributed by atoms with Crippen molar-refractivity contribution in [2.45, 2.75) is 38.3 Å². The Balaban J connectivity index is 1.89. The second-order valence-corrected chi connectivity index (χ2v) is 4.96. The quantitative estimate of drug-likeness (QED) is 0.788. The van der Waals surface area contributed by atoms with Crippen LogP contribution in [0.25, 0.3) is 0 Å². The van der Waals surface area contributed by atoms with Crippen molar-refractivity contribution in [3.8, 4) is 0 Å². The van der Waals surface area contributed by atoms with Gasteiger partial charge in [0.2, 0.25) is 0 Å². The molecule has 1 fully saturated rings. The van der Waals surface area contributed by atoms with Gasteiger partial charge in [0.1, 0.15) is 0 Å². The fourth-order valence-electron chi connectivity index (χ4n) is 1.65. The summed E-state index contributed by atoms with van der Waals surface area (Å²) in [5.74, 6) is 0. The maximum atomic E-state index is 6.12. The highest BCUT2D eigenvalue weighted by Gasteiger charge is 2.36. The van der Waals surface area contributed by atoms with Crippen LogP contribution in [0, 0.1) is 6.92 Å². The standard InChI is InChI=1S/C13H20N2/c1-10-3-5-11(6-4-10)12(14)9-15-13(2)7-8-13/h3-6,12,15H,7-9,14H2,1-2H3. The van der Waals surface area contributed by atoms with Gasteiger partial charge < -0.3 is 11.1 Å². The van der Waals surface area contributed by atoms with E-state index in [4.69, 9.17) is 5.73 Å². The summed E-state index contributed by atoms with van der Waals surface area (Å²) in [5.41, 5.74) is 9.00. The minimum Gasteiger partial charge on any atom is -0.323 e. The van der Waals surface area contributed by atoms with Crippen molar-refractivity contribution in [2.75, 3.05) is 6.54 Å². The molecule has 1 aliphatic carbocycles. The van der Waals surface area contributed by atoms with E-state index < -0.39 is 0 Å². The molecule has 0 amide bonds. The van der Waals surface area contributed by atoms with E-state index in [2.05, 4.69) is 43.4 Å². The predicted molar refractivity (Wildman–Crippen MR) is 63.7 cm³/mol. The van der Waals surface area contributed by atoms with Crippen molar-refractivity contribution in [3.63, 3.8) is 0 Å². The third kappa shape index (κ3) is 2.80. The summed E-state index contributed by atoms with van der Waals surface area (Å²) in [5, 5.41) is 3.52. The van der Waals surface area contributed by atoms with Crippen LogP contribution < -0.4 is 11.1 Å². The van der Waals surface area contributed by atoms with Gasteiger partial charge in [-0.15, -0.1) is 0 Å². The normalized spacial score (nSPS) is 19.9. The van der Waals surface area contributed by atoms with Crippen LogP contribution >= 0.6 is 0 Å². The molecule has 15 heavy (non-hydrogen) atoms. The first kappa shape index (κ1) is 10.7. The molecule has 1 atom stereocenters. The largest absolute Gasteiger partial charge is 0.323 e. The zero-order valence-corrected chi connectivity index (χ0v) is 9.59. The minimum atomic E-state index is 0.114. The zero-order chi connectivity index (χ0) is 10.9. The van der Waals surface area contributed by atoms with Crippen LogP contribution in [-0.2, 0) is 0 Å². The van der Waals surface area contributed by atoms with Crippen LogP contribution in [0.2, 0.25) is 0 Å². The highest BCUT2D eigenvalue weighted by atomic mass is 15.0. The number of nitrogens with one attached hydrogen (secondary N) is 1. The Labute approximate surface area is 91.9 Å². The molecule has 3 N–H and O–H groups in total. The second-order valence-electron chi connectivity index (χ2n) is 4.96. The van der Waals surface area contributed by atoms with Gasteiger partial charge in [-0.1, -0.05) is 29.8 Å². The molecule has 82 valence electrons. The number of benzene rings is 1. The van der Waals surface area contributed by atoms with E-state index in [0.717, 1.165) is 6.54 Å². The molecule has 0 saturated heterocycles. The molecular formula is C13H20N2. The molecule has 2 rings (SSSR count). The zero-order valence-electron chi connectivity index (χ0n) is 9.59.